The molecule has 0 bridgehead atoms. The molecular weight excluding hydrogens is 1170 g/mol. The summed E-state index contributed by atoms with van der Waals surface area (Å²) in [5.74, 6) is -1.44. The summed E-state index contributed by atoms with van der Waals surface area (Å²) in [6, 6.07) is 31.5. The van der Waals surface area contributed by atoms with Crippen molar-refractivity contribution in [3.63, 3.8) is 0 Å². The molecule has 2 aliphatic heterocycles. The third-order valence-electron chi connectivity index (χ3n) is 13.4. The minimum absolute atomic E-state index is 0.0790. The summed E-state index contributed by atoms with van der Waals surface area (Å²) in [5, 5.41) is 0. The van der Waals surface area contributed by atoms with E-state index in [0.717, 1.165) is 24.3 Å². The van der Waals surface area contributed by atoms with E-state index in [0.29, 0.717) is 68.8 Å². The third-order valence-corrected chi connectivity index (χ3v) is 16.1. The second-order valence-electron chi connectivity index (χ2n) is 21.9. The van der Waals surface area contributed by atoms with Crippen molar-refractivity contribution < 1.29 is 71.7 Å². The molecule has 0 unspecified atom stereocenters. The minimum Gasteiger partial charge on any atom is -0.493 e. The molecular formula is C62H56F6N6O10S2. The van der Waals surface area contributed by atoms with Crippen molar-refractivity contribution in [2.45, 2.75) is 99.6 Å². The van der Waals surface area contributed by atoms with Crippen LogP contribution in [0, 0.1) is 0 Å². The smallest absolute Gasteiger partial charge is 0.416 e. The maximum Gasteiger partial charge on any atom is 0.416 e. The Morgan fingerprint density at radius 3 is 1.14 bits per heavy atom. The van der Waals surface area contributed by atoms with Gasteiger partial charge in [0, 0.05) is 59.9 Å². The van der Waals surface area contributed by atoms with Gasteiger partial charge in [-0.05, 0) is 161 Å². The predicted molar refractivity (Wildman–Crippen MR) is 307 cm³/mol. The summed E-state index contributed by atoms with van der Waals surface area (Å²) in [5.41, 5.74) is 1.61. The zero-order valence-electron chi connectivity index (χ0n) is 46.9. The number of hydrogen-bond donors (Lipinski definition) is 2. The van der Waals surface area contributed by atoms with Gasteiger partial charge in [0.05, 0.1) is 45.3 Å². The molecule has 10 rings (SSSR count). The third kappa shape index (κ3) is 14.8. The van der Waals surface area contributed by atoms with Crippen molar-refractivity contribution in [1.82, 2.24) is 19.9 Å². The van der Waals surface area contributed by atoms with Crippen LogP contribution in [0.4, 0.5) is 38.2 Å². The molecule has 0 spiro atoms. The number of benzene rings is 6. The van der Waals surface area contributed by atoms with Gasteiger partial charge in [-0.25, -0.2) is 55.8 Å². The number of halogens is 6. The number of fused-ring (bicyclic) bond motifs is 2. The van der Waals surface area contributed by atoms with Gasteiger partial charge >= 0.3 is 24.3 Å². The van der Waals surface area contributed by atoms with Crippen LogP contribution in [-0.2, 0) is 41.9 Å². The van der Waals surface area contributed by atoms with E-state index < -0.39 is 78.5 Å². The van der Waals surface area contributed by atoms with Crippen LogP contribution in [-0.4, -0.2) is 73.1 Å². The van der Waals surface area contributed by atoms with Crippen LogP contribution < -0.4 is 18.9 Å². The molecule has 4 heterocycles. The molecule has 2 N–H and O–H groups in total. The van der Waals surface area contributed by atoms with Gasteiger partial charge in [-0.15, -0.1) is 0 Å². The molecule has 0 fully saturated rings. The Morgan fingerprint density at radius 2 is 0.814 bits per heavy atom. The molecule has 0 aliphatic carbocycles. The Hall–Kier alpha value is -8.90. The van der Waals surface area contributed by atoms with Gasteiger partial charge in [0.2, 0.25) is 11.9 Å². The SMILES string of the molecule is CC(C)(C)OC(=O)c1ccc(-c2cc(C(F)(F)F)ccc2[C@@H]2CCOc3cc(S(=O)(=O)Nc4ncccn4)ccc32)cc1.CC(C)(C)OC(=O)c1ccc(-c2cc(C(F)(F)F)ccc2[C@H]2CCOc3cc(S(=O)(=O)Nc4ncccn4)ccc32)cc1. The van der Waals surface area contributed by atoms with Crippen molar-refractivity contribution in [3.05, 3.63) is 203 Å². The van der Waals surface area contributed by atoms with E-state index in [2.05, 4.69) is 29.4 Å². The molecule has 0 saturated heterocycles. The van der Waals surface area contributed by atoms with E-state index >= 15 is 0 Å². The second-order valence-corrected chi connectivity index (χ2v) is 25.3. The normalized spacial score (nSPS) is 15.3. The Kier molecular flexibility index (Phi) is 17.4. The fourth-order valence-electron chi connectivity index (χ4n) is 9.60. The number of anilines is 2. The first kappa shape index (κ1) is 61.7. The Labute approximate surface area is 492 Å². The van der Waals surface area contributed by atoms with Gasteiger partial charge < -0.3 is 18.9 Å². The predicted octanol–water partition coefficient (Wildman–Crippen LogP) is 13.7. The standard InChI is InChI=1S/2C31H28F3N3O5S/c2*1-30(2,3)42-28(38)20-7-5-19(6-8-20)26-17-21(31(32,33)34)9-11-23(26)24-13-16-41-27-18-22(10-12-25(24)27)43(39,40)37-29-35-14-4-15-36-29/h2*4-12,14-15,17-18,24H,13,16H2,1-3H3,(H,35,36,37)/t2*24-/m10/s1. The van der Waals surface area contributed by atoms with E-state index in [9.17, 15) is 52.8 Å². The van der Waals surface area contributed by atoms with E-state index in [-0.39, 0.29) is 46.0 Å². The Bertz CT molecular complexity index is 3770. The highest BCUT2D eigenvalue weighted by molar-refractivity contribution is 7.93. The average molecular weight is 1220 g/mol. The van der Waals surface area contributed by atoms with Crippen molar-refractivity contribution in [2.75, 3.05) is 22.7 Å². The summed E-state index contributed by atoms with van der Waals surface area (Å²) in [4.78, 5) is 40.4. The van der Waals surface area contributed by atoms with E-state index in [1.54, 1.807) is 90.1 Å². The van der Waals surface area contributed by atoms with Gasteiger partial charge in [-0.3, -0.25) is 0 Å². The van der Waals surface area contributed by atoms with Crippen LogP contribution in [0.2, 0.25) is 0 Å². The van der Waals surface area contributed by atoms with Crippen molar-refractivity contribution in [3.8, 4) is 33.8 Å². The number of carbonyl (C=O) groups is 2. The first-order chi connectivity index (χ1) is 40.4. The highest BCUT2D eigenvalue weighted by Gasteiger charge is 2.36. The lowest BCUT2D eigenvalue weighted by molar-refractivity contribution is -0.138. The van der Waals surface area contributed by atoms with Gasteiger partial charge in [-0.1, -0.05) is 48.5 Å². The summed E-state index contributed by atoms with van der Waals surface area (Å²) in [6.45, 7) is 10.9. The lowest BCUT2D eigenvalue weighted by Crippen LogP contribution is -2.23. The fraction of sp³-hybridized carbons (Fsp3) is 0.258. The van der Waals surface area contributed by atoms with Crippen molar-refractivity contribution in [2.24, 2.45) is 0 Å². The second kappa shape index (κ2) is 24.2. The van der Waals surface area contributed by atoms with Crippen LogP contribution in [0.5, 0.6) is 11.5 Å². The van der Waals surface area contributed by atoms with E-state index in [4.69, 9.17) is 18.9 Å². The highest BCUT2D eigenvalue weighted by atomic mass is 32.2. The van der Waals surface area contributed by atoms with Crippen LogP contribution in [0.15, 0.2) is 168 Å². The number of sulfonamides is 2. The molecule has 24 heteroatoms. The Morgan fingerprint density at radius 1 is 0.477 bits per heavy atom. The molecule has 16 nitrogen and oxygen atoms in total. The highest BCUT2D eigenvalue weighted by Crippen LogP contribution is 2.47. The lowest BCUT2D eigenvalue weighted by Gasteiger charge is -2.29. The minimum atomic E-state index is -4.57. The molecule has 0 saturated carbocycles. The zero-order chi connectivity index (χ0) is 62.0. The molecule has 448 valence electrons. The molecule has 0 radical (unpaired) electrons. The number of nitrogens with zero attached hydrogens (tertiary/aromatic N) is 4. The largest absolute Gasteiger partial charge is 0.493 e. The number of carbonyl (C=O) groups excluding carboxylic acids is 2. The molecule has 2 aliphatic rings. The first-order valence-electron chi connectivity index (χ1n) is 26.7. The van der Waals surface area contributed by atoms with Gasteiger partial charge in [0.25, 0.3) is 20.0 Å². The van der Waals surface area contributed by atoms with Crippen LogP contribution >= 0.6 is 0 Å². The molecule has 2 aromatic heterocycles. The van der Waals surface area contributed by atoms with Gasteiger partial charge in [0.15, 0.2) is 0 Å². The zero-order valence-corrected chi connectivity index (χ0v) is 48.6. The summed E-state index contributed by atoms with van der Waals surface area (Å²) in [6.07, 6.45) is -2.65. The van der Waals surface area contributed by atoms with Gasteiger partial charge in [-0.2, -0.15) is 26.3 Å². The fourth-order valence-corrected chi connectivity index (χ4v) is 11.5. The topological polar surface area (TPSA) is 215 Å². The summed E-state index contributed by atoms with van der Waals surface area (Å²) in [7, 11) is -8.09. The maximum absolute atomic E-state index is 13.8. The maximum atomic E-state index is 13.8. The number of hydrogen-bond acceptors (Lipinski definition) is 14. The van der Waals surface area contributed by atoms with E-state index in [1.165, 1.54) is 85.5 Å². The molecule has 8 aromatic rings. The molecule has 6 aromatic carbocycles. The number of ether oxygens (including phenoxy) is 4. The summed E-state index contributed by atoms with van der Waals surface area (Å²) >= 11 is 0. The number of nitrogens with one attached hydrogen (secondary N) is 2. The van der Waals surface area contributed by atoms with Crippen LogP contribution in [0.1, 0.15) is 120 Å². The Balaban J connectivity index is 0.000000205. The van der Waals surface area contributed by atoms with Crippen molar-refractivity contribution >= 4 is 43.9 Å². The van der Waals surface area contributed by atoms with Gasteiger partial charge in [0.1, 0.15) is 22.7 Å². The number of rotatable bonds is 12. The van der Waals surface area contributed by atoms with Crippen molar-refractivity contribution in [1.29, 1.82) is 0 Å². The number of alkyl halides is 6. The number of aromatic nitrogens is 4. The van der Waals surface area contributed by atoms with E-state index in [1.807, 2.05) is 0 Å². The molecule has 86 heavy (non-hydrogen) atoms. The van der Waals surface area contributed by atoms with Crippen LogP contribution in [0.3, 0.4) is 0 Å². The average Bonchev–Trinajstić information content (AvgIpc) is 0.876. The first-order valence-corrected chi connectivity index (χ1v) is 29.6. The lowest BCUT2D eigenvalue weighted by atomic mass is 9.82. The van der Waals surface area contributed by atoms with Crippen LogP contribution in [0.25, 0.3) is 22.3 Å². The molecule has 2 atom stereocenters. The number of esters is 2. The monoisotopic (exact) mass is 1220 g/mol. The quantitative estimate of drug-likeness (QED) is 0.0860. The summed E-state index contributed by atoms with van der Waals surface area (Å²) < 4.78 is 162. The molecule has 0 amide bonds.